The van der Waals surface area contributed by atoms with Crippen molar-refractivity contribution in [1.82, 2.24) is 19.5 Å². The van der Waals surface area contributed by atoms with E-state index in [1.54, 1.807) is 17.6 Å². The van der Waals surface area contributed by atoms with Crippen LogP contribution in [0.15, 0.2) is 29.3 Å². The molecule has 0 spiro atoms. The van der Waals surface area contributed by atoms with Crippen LogP contribution < -0.4 is 16.0 Å². The number of nitrogens with zero attached hydrogens (tertiary/aromatic N) is 3. The zero-order valence-corrected chi connectivity index (χ0v) is 21.1. The van der Waals surface area contributed by atoms with Crippen molar-refractivity contribution >= 4 is 42.4 Å². The standard InChI is InChI=1S/C21H27FN5O6PS/c1-3-17(28)35-9-8-32-34(33-11-14-4-5-16(30-2)15(22)10-14)13-31-7-6-27-12-24-18-19(27)25-21(23)26-20(18)29/h4-5,10,12H,3,6-9,11,13H2,1-2H3,(H3,23,25,26,29). The van der Waals surface area contributed by atoms with E-state index in [1.165, 1.54) is 37.3 Å². The first-order chi connectivity index (χ1) is 16.9. The molecule has 0 fully saturated rings. The molecule has 11 nitrogen and oxygen atoms in total. The summed E-state index contributed by atoms with van der Waals surface area (Å²) in [6.07, 6.45) is 2.10. The SMILES string of the molecule is CCC(=O)SCCOP(COCCn1cnc2c(=O)[nH]c(N)nc21)OCc1ccc(OC)c(F)c1. The molecule has 0 amide bonds. The van der Waals surface area contributed by atoms with Gasteiger partial charge in [0.05, 0.1) is 33.3 Å². The summed E-state index contributed by atoms with van der Waals surface area (Å²) in [5.41, 5.74) is 6.38. The Labute approximate surface area is 206 Å². The third-order valence-electron chi connectivity index (χ3n) is 4.63. The van der Waals surface area contributed by atoms with Crippen LogP contribution in [0, 0.1) is 5.82 Å². The largest absolute Gasteiger partial charge is 0.494 e. The number of hydrogen-bond donors (Lipinski definition) is 2. The van der Waals surface area contributed by atoms with Crippen molar-refractivity contribution in [1.29, 1.82) is 0 Å². The van der Waals surface area contributed by atoms with E-state index in [2.05, 4.69) is 15.0 Å². The second-order valence-corrected chi connectivity index (χ2v) is 9.67. The summed E-state index contributed by atoms with van der Waals surface area (Å²) in [5, 5.41) is 0.0874. The minimum atomic E-state index is -1.47. The maximum absolute atomic E-state index is 14.0. The van der Waals surface area contributed by atoms with Crippen molar-refractivity contribution in [3.63, 3.8) is 0 Å². The summed E-state index contributed by atoms with van der Waals surface area (Å²) in [4.78, 5) is 34.0. The van der Waals surface area contributed by atoms with E-state index >= 15 is 0 Å². The number of anilines is 1. The zero-order valence-electron chi connectivity index (χ0n) is 19.4. The molecule has 3 N–H and O–H groups in total. The molecule has 190 valence electrons. The fourth-order valence-corrected chi connectivity index (χ4v) is 4.70. The van der Waals surface area contributed by atoms with Gasteiger partial charge in [0.25, 0.3) is 5.56 Å². The Morgan fingerprint density at radius 2 is 2.14 bits per heavy atom. The smallest absolute Gasteiger partial charge is 0.280 e. The monoisotopic (exact) mass is 527 g/mol. The number of imidazole rings is 1. The van der Waals surface area contributed by atoms with Crippen molar-refractivity contribution in [3.8, 4) is 5.75 Å². The Hall–Kier alpha value is -2.57. The van der Waals surface area contributed by atoms with Gasteiger partial charge >= 0.3 is 0 Å². The zero-order chi connectivity index (χ0) is 25.2. The maximum atomic E-state index is 14.0. The van der Waals surface area contributed by atoms with Crippen LogP contribution in [0.3, 0.4) is 0 Å². The summed E-state index contributed by atoms with van der Waals surface area (Å²) in [6, 6.07) is 4.58. The summed E-state index contributed by atoms with van der Waals surface area (Å²) in [7, 11) is -0.0716. The molecule has 1 unspecified atom stereocenters. The molecule has 1 atom stereocenters. The predicted octanol–water partition coefficient (Wildman–Crippen LogP) is 3.04. The number of nitrogens with one attached hydrogen (secondary N) is 1. The molecule has 14 heteroatoms. The lowest BCUT2D eigenvalue weighted by Crippen LogP contribution is -2.13. The predicted molar refractivity (Wildman–Crippen MR) is 132 cm³/mol. The number of methoxy groups -OCH3 is 1. The number of rotatable bonds is 14. The van der Waals surface area contributed by atoms with E-state index in [4.69, 9.17) is 24.3 Å². The number of benzene rings is 1. The van der Waals surface area contributed by atoms with Crippen molar-refractivity contribution in [3.05, 3.63) is 46.3 Å². The molecule has 0 bridgehead atoms. The Bertz CT molecular complexity index is 1190. The minimum Gasteiger partial charge on any atom is -0.494 e. The van der Waals surface area contributed by atoms with Gasteiger partial charge in [0, 0.05) is 18.7 Å². The Morgan fingerprint density at radius 3 is 2.89 bits per heavy atom. The third-order valence-corrected chi connectivity index (χ3v) is 6.89. The van der Waals surface area contributed by atoms with E-state index < -0.39 is 19.8 Å². The number of aromatic amines is 1. The van der Waals surface area contributed by atoms with E-state index in [-0.39, 0.29) is 41.9 Å². The van der Waals surface area contributed by atoms with Crippen LogP contribution in [-0.4, -0.2) is 57.1 Å². The molecular weight excluding hydrogens is 500 g/mol. The van der Waals surface area contributed by atoms with Gasteiger partial charge in [-0.05, 0) is 17.7 Å². The third kappa shape index (κ3) is 7.97. The number of nitrogens with two attached hydrogens (primary N) is 1. The minimum absolute atomic E-state index is 0.00452. The van der Waals surface area contributed by atoms with Crippen LogP contribution in [-0.2, 0) is 31.7 Å². The Balaban J connectivity index is 1.53. The maximum Gasteiger partial charge on any atom is 0.280 e. The lowest BCUT2D eigenvalue weighted by atomic mass is 10.2. The summed E-state index contributed by atoms with van der Waals surface area (Å²) in [6.45, 7) is 2.87. The number of nitrogen functional groups attached to an aromatic ring is 1. The van der Waals surface area contributed by atoms with Crippen molar-refractivity contribution in [2.45, 2.75) is 26.5 Å². The van der Waals surface area contributed by atoms with Crippen LogP contribution in [0.25, 0.3) is 11.2 Å². The fourth-order valence-electron chi connectivity index (χ4n) is 2.89. The quantitative estimate of drug-likeness (QED) is 0.237. The number of hydrogen-bond acceptors (Lipinski definition) is 10. The summed E-state index contributed by atoms with van der Waals surface area (Å²) >= 11 is 1.20. The number of carbonyl (C=O) groups excluding carboxylic acids is 1. The van der Waals surface area contributed by atoms with Gasteiger partial charge in [0.15, 0.2) is 36.2 Å². The molecule has 3 aromatic rings. The van der Waals surface area contributed by atoms with Crippen LogP contribution in [0.1, 0.15) is 18.9 Å². The highest BCUT2D eigenvalue weighted by molar-refractivity contribution is 8.13. The molecule has 35 heavy (non-hydrogen) atoms. The number of ether oxygens (including phenoxy) is 2. The normalized spacial score (nSPS) is 12.2. The van der Waals surface area contributed by atoms with Crippen molar-refractivity contribution < 1.29 is 27.7 Å². The molecule has 0 radical (unpaired) electrons. The van der Waals surface area contributed by atoms with E-state index in [0.717, 1.165) is 0 Å². The number of aromatic nitrogens is 4. The molecule has 0 saturated heterocycles. The van der Waals surface area contributed by atoms with Gasteiger partial charge in [-0.3, -0.25) is 14.6 Å². The first kappa shape index (κ1) is 27.0. The molecule has 0 aliphatic heterocycles. The van der Waals surface area contributed by atoms with Crippen LogP contribution in [0.2, 0.25) is 0 Å². The van der Waals surface area contributed by atoms with Gasteiger partial charge in [-0.1, -0.05) is 24.8 Å². The number of H-pyrrole nitrogens is 1. The molecule has 3 rings (SSSR count). The van der Waals surface area contributed by atoms with E-state index in [1.807, 2.05) is 0 Å². The number of fused-ring (bicyclic) bond motifs is 1. The highest BCUT2D eigenvalue weighted by Crippen LogP contribution is 2.39. The molecule has 0 aliphatic carbocycles. The molecule has 2 heterocycles. The fraction of sp³-hybridized carbons (Fsp3) is 0.429. The van der Waals surface area contributed by atoms with Crippen LogP contribution >= 0.6 is 20.1 Å². The molecule has 1 aromatic carbocycles. The molecule has 0 saturated carbocycles. The van der Waals surface area contributed by atoms with Gasteiger partial charge < -0.3 is 28.8 Å². The van der Waals surface area contributed by atoms with Crippen LogP contribution in [0.4, 0.5) is 10.3 Å². The van der Waals surface area contributed by atoms with Gasteiger partial charge in [0.2, 0.25) is 5.95 Å². The highest BCUT2D eigenvalue weighted by atomic mass is 32.2. The number of thioether (sulfide) groups is 1. The van der Waals surface area contributed by atoms with Gasteiger partial charge in [-0.25, -0.2) is 9.37 Å². The van der Waals surface area contributed by atoms with Gasteiger partial charge in [-0.2, -0.15) is 4.98 Å². The van der Waals surface area contributed by atoms with E-state index in [0.29, 0.717) is 36.5 Å². The Morgan fingerprint density at radius 1 is 1.31 bits per heavy atom. The lowest BCUT2D eigenvalue weighted by Gasteiger charge is -2.18. The molecule has 0 aliphatic rings. The van der Waals surface area contributed by atoms with Crippen molar-refractivity contribution in [2.24, 2.45) is 0 Å². The lowest BCUT2D eigenvalue weighted by molar-refractivity contribution is -0.110. The Kier molecular flexibility index (Phi) is 10.4. The average Bonchev–Trinajstić information content (AvgIpc) is 3.25. The van der Waals surface area contributed by atoms with Crippen LogP contribution in [0.5, 0.6) is 5.75 Å². The second kappa shape index (κ2) is 13.5. The first-order valence-electron chi connectivity index (χ1n) is 10.7. The van der Waals surface area contributed by atoms with Gasteiger partial charge in [0.1, 0.15) is 6.35 Å². The summed E-state index contributed by atoms with van der Waals surface area (Å²) in [5.74, 6) is 0.169. The number of carbonyl (C=O) groups is 1. The second-order valence-electron chi connectivity index (χ2n) is 7.08. The van der Waals surface area contributed by atoms with E-state index in [9.17, 15) is 14.0 Å². The average molecular weight is 528 g/mol. The number of halogens is 1. The topological polar surface area (TPSA) is 144 Å². The first-order valence-corrected chi connectivity index (χ1v) is 13.1. The molecular formula is C21H27FN5O6PS. The molecule has 2 aromatic heterocycles. The highest BCUT2D eigenvalue weighted by Gasteiger charge is 2.14. The van der Waals surface area contributed by atoms with Gasteiger partial charge in [-0.15, -0.1) is 0 Å². The van der Waals surface area contributed by atoms with Crippen molar-refractivity contribution in [2.75, 3.05) is 38.2 Å². The summed E-state index contributed by atoms with van der Waals surface area (Å²) < 4.78 is 38.0.